The fourth-order valence-corrected chi connectivity index (χ4v) is 2.45. The Morgan fingerprint density at radius 3 is 2.74 bits per heavy atom. The maximum Gasteiger partial charge on any atom is 0.217 e. The molecule has 0 saturated heterocycles. The van der Waals surface area contributed by atoms with Gasteiger partial charge in [-0.15, -0.1) is 11.3 Å². The van der Waals surface area contributed by atoms with Gasteiger partial charge >= 0.3 is 0 Å². The highest BCUT2D eigenvalue weighted by Gasteiger charge is 2.19. The molecule has 0 fully saturated rings. The second-order valence-corrected chi connectivity index (χ2v) is 6.32. The molecule has 0 saturated carbocycles. The minimum Gasteiger partial charge on any atom is -0.458 e. The van der Waals surface area contributed by atoms with Crippen molar-refractivity contribution >= 4 is 17.2 Å². The first kappa shape index (κ1) is 13.8. The Bertz CT molecular complexity index is 578. The van der Waals surface area contributed by atoms with Gasteiger partial charge in [0.05, 0.1) is 11.6 Å². The van der Waals surface area contributed by atoms with E-state index in [0.717, 1.165) is 22.2 Å². The van der Waals surface area contributed by atoms with E-state index in [2.05, 4.69) is 31.1 Å². The minimum atomic E-state index is -0.0679. The van der Waals surface area contributed by atoms with Gasteiger partial charge in [-0.25, -0.2) is 4.98 Å². The third kappa shape index (κ3) is 3.44. The summed E-state index contributed by atoms with van der Waals surface area (Å²) in [4.78, 5) is 15.4. The zero-order valence-corrected chi connectivity index (χ0v) is 12.4. The number of nitrogens with zero attached hydrogens (tertiary/aromatic N) is 1. The number of hydrogen-bond acceptors (Lipinski definition) is 4. The Hall–Kier alpha value is -1.62. The van der Waals surface area contributed by atoms with Gasteiger partial charge in [-0.2, -0.15) is 0 Å². The molecule has 4 nitrogen and oxygen atoms in total. The van der Waals surface area contributed by atoms with Gasteiger partial charge in [-0.3, -0.25) is 4.79 Å². The van der Waals surface area contributed by atoms with Gasteiger partial charge in [-0.1, -0.05) is 20.8 Å². The molecule has 1 N–H and O–H groups in total. The van der Waals surface area contributed by atoms with Gasteiger partial charge in [0.25, 0.3) is 0 Å². The van der Waals surface area contributed by atoms with E-state index in [0.29, 0.717) is 6.54 Å². The van der Waals surface area contributed by atoms with Crippen LogP contribution in [-0.4, -0.2) is 10.9 Å². The van der Waals surface area contributed by atoms with E-state index in [9.17, 15) is 4.79 Å². The predicted octanol–water partition coefficient (Wildman–Crippen LogP) is 3.34. The molecule has 0 spiro atoms. The van der Waals surface area contributed by atoms with Crippen LogP contribution < -0.4 is 5.32 Å². The molecule has 102 valence electrons. The summed E-state index contributed by atoms with van der Waals surface area (Å²) in [6.07, 6.45) is 0. The Morgan fingerprint density at radius 2 is 2.16 bits per heavy atom. The minimum absolute atomic E-state index is 0.0501. The SMILES string of the molecule is CC(=O)NCc1ccc(-c2csc(C(C)(C)C)n2)o1. The summed E-state index contributed by atoms with van der Waals surface area (Å²) in [5, 5.41) is 5.79. The van der Waals surface area contributed by atoms with Crippen LogP contribution in [0.25, 0.3) is 11.5 Å². The quantitative estimate of drug-likeness (QED) is 0.937. The lowest BCUT2D eigenvalue weighted by atomic mass is 9.98. The van der Waals surface area contributed by atoms with Crippen LogP contribution in [0.1, 0.15) is 38.5 Å². The number of furan rings is 1. The van der Waals surface area contributed by atoms with E-state index >= 15 is 0 Å². The maximum atomic E-state index is 10.8. The predicted molar refractivity (Wildman–Crippen MR) is 76.0 cm³/mol. The largest absolute Gasteiger partial charge is 0.458 e. The second kappa shape index (κ2) is 5.17. The van der Waals surface area contributed by atoms with Crippen molar-refractivity contribution in [3.05, 3.63) is 28.3 Å². The first-order valence-corrected chi connectivity index (χ1v) is 7.04. The van der Waals surface area contributed by atoms with Crippen LogP contribution >= 0.6 is 11.3 Å². The van der Waals surface area contributed by atoms with Crippen LogP contribution in [0.4, 0.5) is 0 Å². The number of carbonyl (C=O) groups is 1. The van der Waals surface area contributed by atoms with Gasteiger partial charge in [0, 0.05) is 17.7 Å². The summed E-state index contributed by atoms with van der Waals surface area (Å²) < 4.78 is 5.68. The Balaban J connectivity index is 2.14. The molecule has 0 aliphatic carbocycles. The number of amides is 1. The van der Waals surface area contributed by atoms with Crippen LogP contribution in [0.5, 0.6) is 0 Å². The van der Waals surface area contributed by atoms with Crippen molar-refractivity contribution in [2.75, 3.05) is 0 Å². The molecule has 0 radical (unpaired) electrons. The topological polar surface area (TPSA) is 55.1 Å². The smallest absolute Gasteiger partial charge is 0.217 e. The fraction of sp³-hybridized carbons (Fsp3) is 0.429. The standard InChI is InChI=1S/C14H18N2O2S/c1-9(17)15-7-10-5-6-12(18-10)11-8-19-13(16-11)14(2,3)4/h5-6,8H,7H2,1-4H3,(H,15,17). The third-order valence-electron chi connectivity index (χ3n) is 2.57. The lowest BCUT2D eigenvalue weighted by molar-refractivity contribution is -0.119. The number of thiazole rings is 1. The summed E-state index contributed by atoms with van der Waals surface area (Å²) >= 11 is 1.64. The average Bonchev–Trinajstić information content (AvgIpc) is 2.94. The van der Waals surface area contributed by atoms with E-state index < -0.39 is 0 Å². The van der Waals surface area contributed by atoms with Crippen molar-refractivity contribution < 1.29 is 9.21 Å². The van der Waals surface area contributed by atoms with Crippen LogP contribution in [-0.2, 0) is 16.8 Å². The van der Waals surface area contributed by atoms with E-state index in [1.54, 1.807) is 11.3 Å². The molecular weight excluding hydrogens is 260 g/mol. The van der Waals surface area contributed by atoms with Crippen LogP contribution in [0.2, 0.25) is 0 Å². The third-order valence-corrected chi connectivity index (χ3v) is 3.84. The number of rotatable bonds is 3. The highest BCUT2D eigenvalue weighted by molar-refractivity contribution is 7.10. The van der Waals surface area contributed by atoms with Gasteiger partial charge < -0.3 is 9.73 Å². The summed E-state index contributed by atoms with van der Waals surface area (Å²) in [7, 11) is 0. The number of carbonyl (C=O) groups excluding carboxylic acids is 1. The van der Waals surface area contributed by atoms with Crippen molar-refractivity contribution in [2.45, 2.75) is 39.7 Å². The first-order chi connectivity index (χ1) is 8.86. The van der Waals surface area contributed by atoms with Gasteiger partial charge in [0.1, 0.15) is 11.5 Å². The summed E-state index contributed by atoms with van der Waals surface area (Å²) in [6.45, 7) is 8.31. The molecule has 0 atom stereocenters. The van der Waals surface area contributed by atoms with E-state index in [1.807, 2.05) is 17.5 Å². The molecule has 0 aromatic carbocycles. The van der Waals surface area contributed by atoms with E-state index in [4.69, 9.17) is 4.42 Å². The molecule has 0 aliphatic heterocycles. The van der Waals surface area contributed by atoms with E-state index in [1.165, 1.54) is 6.92 Å². The molecule has 2 aromatic heterocycles. The van der Waals surface area contributed by atoms with Crippen molar-refractivity contribution in [3.8, 4) is 11.5 Å². The van der Waals surface area contributed by atoms with Crippen LogP contribution in [0, 0.1) is 0 Å². The number of aromatic nitrogens is 1. The molecule has 5 heteroatoms. The first-order valence-electron chi connectivity index (χ1n) is 6.16. The van der Waals surface area contributed by atoms with Crippen LogP contribution in [0.3, 0.4) is 0 Å². The fourth-order valence-electron chi connectivity index (χ4n) is 1.55. The van der Waals surface area contributed by atoms with Crippen molar-refractivity contribution in [3.63, 3.8) is 0 Å². The molecule has 19 heavy (non-hydrogen) atoms. The number of nitrogens with one attached hydrogen (secondary N) is 1. The van der Waals surface area contributed by atoms with E-state index in [-0.39, 0.29) is 11.3 Å². The maximum absolute atomic E-state index is 10.8. The second-order valence-electron chi connectivity index (χ2n) is 5.46. The molecule has 2 rings (SSSR count). The molecule has 2 aromatic rings. The normalized spacial score (nSPS) is 11.6. The molecule has 0 bridgehead atoms. The summed E-state index contributed by atoms with van der Waals surface area (Å²) in [5.41, 5.74) is 0.901. The van der Waals surface area contributed by atoms with Crippen LogP contribution in [0.15, 0.2) is 21.9 Å². The Kier molecular flexibility index (Phi) is 3.75. The highest BCUT2D eigenvalue weighted by atomic mass is 32.1. The van der Waals surface area contributed by atoms with Gasteiger partial charge in [-0.05, 0) is 12.1 Å². The molecule has 0 aliphatic rings. The zero-order valence-electron chi connectivity index (χ0n) is 11.6. The molecule has 1 amide bonds. The summed E-state index contributed by atoms with van der Waals surface area (Å²) in [5.74, 6) is 1.41. The summed E-state index contributed by atoms with van der Waals surface area (Å²) in [6, 6.07) is 3.75. The Labute approximate surface area is 116 Å². The molecule has 0 unspecified atom stereocenters. The zero-order chi connectivity index (χ0) is 14.0. The number of hydrogen-bond donors (Lipinski definition) is 1. The van der Waals surface area contributed by atoms with Gasteiger partial charge in [0.2, 0.25) is 5.91 Å². The monoisotopic (exact) mass is 278 g/mol. The van der Waals surface area contributed by atoms with Crippen molar-refractivity contribution in [1.29, 1.82) is 0 Å². The lowest BCUT2D eigenvalue weighted by Crippen LogP contribution is -2.18. The molecular formula is C14H18N2O2S. The Morgan fingerprint density at radius 1 is 1.42 bits per heavy atom. The lowest BCUT2D eigenvalue weighted by Gasteiger charge is -2.13. The van der Waals surface area contributed by atoms with Crippen molar-refractivity contribution in [2.24, 2.45) is 0 Å². The molecule has 2 heterocycles. The highest BCUT2D eigenvalue weighted by Crippen LogP contribution is 2.30. The average molecular weight is 278 g/mol. The van der Waals surface area contributed by atoms with Gasteiger partial charge in [0.15, 0.2) is 5.76 Å². The van der Waals surface area contributed by atoms with Crippen molar-refractivity contribution in [1.82, 2.24) is 10.3 Å².